The first kappa shape index (κ1) is 48.2. The number of hydrogen-bond acceptors (Lipinski definition) is 11. The Balaban J connectivity index is 1.22. The fourth-order valence-electron chi connectivity index (χ4n) is 7.75. The number of phosphoric acid groups is 1. The van der Waals surface area contributed by atoms with Crippen molar-refractivity contribution in [3.8, 4) is 0 Å². The highest BCUT2D eigenvalue weighted by Crippen LogP contribution is 2.54. The van der Waals surface area contributed by atoms with E-state index in [9.17, 15) is 14.2 Å². The summed E-state index contributed by atoms with van der Waals surface area (Å²) >= 11 is 0. The average molecular weight is 886 g/mol. The molecule has 340 valence electrons. The lowest BCUT2D eigenvalue weighted by Crippen LogP contribution is -2.67. The quantitative estimate of drug-likeness (QED) is 0.0366. The molecule has 4 aromatic rings. The largest absolute Gasteiger partial charge is 0.477 e. The van der Waals surface area contributed by atoms with Gasteiger partial charge in [0.2, 0.25) is 5.91 Å². The van der Waals surface area contributed by atoms with Crippen LogP contribution in [0.15, 0.2) is 121 Å². The number of esters is 1. The van der Waals surface area contributed by atoms with Crippen LogP contribution in [0.4, 0.5) is 0 Å². The van der Waals surface area contributed by atoms with E-state index >= 15 is 0 Å². The van der Waals surface area contributed by atoms with Crippen LogP contribution in [-0.4, -0.2) is 55.2 Å². The van der Waals surface area contributed by atoms with Gasteiger partial charge in [0.05, 0.1) is 39.0 Å². The molecule has 0 aromatic heterocycles. The lowest BCUT2D eigenvalue weighted by atomic mass is 9.95. The molecule has 2 saturated heterocycles. The first-order valence-electron chi connectivity index (χ1n) is 22.5. The van der Waals surface area contributed by atoms with Crippen molar-refractivity contribution in [2.75, 3.05) is 6.61 Å². The Hall–Kier alpha value is -4.23. The smallest absolute Gasteiger partial charge is 0.457 e. The van der Waals surface area contributed by atoms with Crippen molar-refractivity contribution in [2.45, 2.75) is 147 Å². The van der Waals surface area contributed by atoms with Crippen LogP contribution in [-0.2, 0) is 71.2 Å². The van der Waals surface area contributed by atoms with Gasteiger partial charge in [-0.2, -0.15) is 0 Å². The highest BCUT2D eigenvalue weighted by atomic mass is 31.2. The van der Waals surface area contributed by atoms with Gasteiger partial charge in [-0.25, -0.2) is 4.57 Å². The lowest BCUT2D eigenvalue weighted by molar-refractivity contribution is -0.336. The zero-order valence-electron chi connectivity index (χ0n) is 36.6. The molecule has 2 heterocycles. The summed E-state index contributed by atoms with van der Waals surface area (Å²) in [6.45, 7) is 3.68. The molecule has 6 rings (SSSR count). The van der Waals surface area contributed by atoms with Crippen molar-refractivity contribution in [1.82, 2.24) is 5.32 Å². The second-order valence-corrected chi connectivity index (χ2v) is 17.8. The van der Waals surface area contributed by atoms with E-state index in [1.165, 1.54) is 45.4 Å². The number of rotatable bonds is 26. The van der Waals surface area contributed by atoms with Gasteiger partial charge >= 0.3 is 13.8 Å². The lowest BCUT2D eigenvalue weighted by Gasteiger charge is -2.48. The SMILES string of the molecule is CCCCCCCCCCC[C@H](CC(=O)O[C@@H]1[C@@H](NC(C)=O)[C@@H](OP(=O)(OCc2ccccc2)OCc2ccccc2)O[C@@H]2COC(c3ccccc3)O[C@@H]12)OCc1ccccc1. The fraction of sp³-hybridized carbons (Fsp3) is 0.480. The number of amides is 1. The summed E-state index contributed by atoms with van der Waals surface area (Å²) in [5.74, 6) is -1.03. The number of unbranched alkanes of at least 4 members (excludes halogenated alkanes) is 8. The minimum Gasteiger partial charge on any atom is -0.457 e. The van der Waals surface area contributed by atoms with Crippen LogP contribution < -0.4 is 5.32 Å². The fourth-order valence-corrected chi connectivity index (χ4v) is 9.00. The molecule has 0 bridgehead atoms. The maximum atomic E-state index is 14.7. The minimum absolute atomic E-state index is 0.00634. The number of phosphoric ester groups is 1. The van der Waals surface area contributed by atoms with E-state index in [4.69, 9.17) is 37.3 Å². The normalized spacial score (nSPS) is 21.6. The standard InChI is InChI=1S/C50H64NO11P/c1-3-4-5-6-7-8-9-10-23-32-43(55-34-39-24-15-11-16-25-39)33-45(53)60-48-46(51-38(2)52)50(59-44-37-56-49(61-47(44)48)42-30-21-14-22-31-42)62-63(54,57-35-40-26-17-12-18-27-40)58-36-41-28-19-13-20-29-41/h11-22,24-31,43-44,46-50H,3-10,23,32-37H2,1-2H3,(H,51,52)/t43-,44-,46-,47-,48-,49?,50-/m1/s1. The second kappa shape index (κ2) is 25.9. The van der Waals surface area contributed by atoms with Gasteiger partial charge in [0.15, 0.2) is 18.7 Å². The molecular weight excluding hydrogens is 822 g/mol. The van der Waals surface area contributed by atoms with Crippen LogP contribution in [0, 0.1) is 0 Å². The molecule has 0 radical (unpaired) electrons. The van der Waals surface area contributed by atoms with Crippen molar-refractivity contribution in [2.24, 2.45) is 0 Å². The Kier molecular flexibility index (Phi) is 19.8. The molecule has 1 amide bonds. The van der Waals surface area contributed by atoms with Gasteiger partial charge in [-0.3, -0.25) is 23.2 Å². The van der Waals surface area contributed by atoms with Gasteiger partial charge in [-0.05, 0) is 23.1 Å². The maximum Gasteiger partial charge on any atom is 0.477 e. The molecule has 7 atom stereocenters. The van der Waals surface area contributed by atoms with Crippen LogP contribution in [0.2, 0.25) is 0 Å². The van der Waals surface area contributed by atoms with Crippen LogP contribution >= 0.6 is 7.82 Å². The molecule has 2 aliphatic rings. The summed E-state index contributed by atoms with van der Waals surface area (Å²) in [4.78, 5) is 27.3. The third-order valence-electron chi connectivity index (χ3n) is 11.1. The molecule has 13 heteroatoms. The van der Waals surface area contributed by atoms with Crippen LogP contribution in [0.3, 0.4) is 0 Å². The van der Waals surface area contributed by atoms with Gasteiger partial charge in [0, 0.05) is 12.5 Å². The molecular formula is C50H64NO11P. The molecule has 0 spiro atoms. The van der Waals surface area contributed by atoms with E-state index in [1.807, 2.05) is 121 Å². The first-order valence-corrected chi connectivity index (χ1v) is 24.0. The Morgan fingerprint density at radius 1 is 0.698 bits per heavy atom. The molecule has 12 nitrogen and oxygen atoms in total. The second-order valence-electron chi connectivity index (χ2n) is 16.2. The number of carbonyl (C=O) groups excluding carboxylic acids is 2. The van der Waals surface area contributed by atoms with E-state index in [0.29, 0.717) is 13.0 Å². The highest BCUT2D eigenvalue weighted by molar-refractivity contribution is 7.48. The number of hydrogen-bond donors (Lipinski definition) is 1. The Morgan fingerprint density at radius 3 is 1.78 bits per heavy atom. The summed E-state index contributed by atoms with van der Waals surface area (Å²) in [5.41, 5.74) is 3.20. The topological polar surface area (TPSA) is 137 Å². The third-order valence-corrected chi connectivity index (χ3v) is 12.5. The summed E-state index contributed by atoms with van der Waals surface area (Å²) in [6.07, 6.45) is 5.44. The summed E-state index contributed by atoms with van der Waals surface area (Å²) in [7, 11) is -4.48. The third kappa shape index (κ3) is 16.1. The van der Waals surface area contributed by atoms with Crippen LogP contribution in [0.5, 0.6) is 0 Å². The van der Waals surface area contributed by atoms with Crippen LogP contribution in [0.25, 0.3) is 0 Å². The van der Waals surface area contributed by atoms with E-state index in [-0.39, 0.29) is 26.2 Å². The van der Waals surface area contributed by atoms with Gasteiger partial charge in [0.1, 0.15) is 18.2 Å². The zero-order valence-corrected chi connectivity index (χ0v) is 37.5. The minimum atomic E-state index is -4.48. The monoisotopic (exact) mass is 885 g/mol. The molecule has 0 aliphatic carbocycles. The van der Waals surface area contributed by atoms with Crippen molar-refractivity contribution >= 4 is 19.7 Å². The maximum absolute atomic E-state index is 14.7. The zero-order chi connectivity index (χ0) is 44.1. The molecule has 2 aliphatic heterocycles. The summed E-state index contributed by atoms with van der Waals surface area (Å²) in [6, 6.07) is 36.4. The first-order chi connectivity index (χ1) is 30.8. The van der Waals surface area contributed by atoms with Gasteiger partial charge in [0.25, 0.3) is 0 Å². The summed E-state index contributed by atoms with van der Waals surface area (Å²) in [5, 5.41) is 2.86. The van der Waals surface area contributed by atoms with Gasteiger partial charge in [-0.15, -0.1) is 0 Å². The van der Waals surface area contributed by atoms with E-state index < -0.39 is 62.7 Å². The average Bonchev–Trinajstić information content (AvgIpc) is 3.31. The Bertz CT molecular complexity index is 1910. The number of fused-ring (bicyclic) bond motifs is 1. The number of benzene rings is 4. The van der Waals surface area contributed by atoms with Crippen molar-refractivity contribution in [3.63, 3.8) is 0 Å². The molecule has 1 N–H and O–H groups in total. The Morgan fingerprint density at radius 2 is 1.22 bits per heavy atom. The van der Waals surface area contributed by atoms with Gasteiger partial charge in [-0.1, -0.05) is 186 Å². The molecule has 1 unspecified atom stereocenters. The predicted molar refractivity (Wildman–Crippen MR) is 239 cm³/mol. The molecule has 0 saturated carbocycles. The molecule has 4 aromatic carbocycles. The van der Waals surface area contributed by atoms with Gasteiger partial charge < -0.3 is 29.0 Å². The number of nitrogens with one attached hydrogen (secondary N) is 1. The van der Waals surface area contributed by atoms with Crippen LogP contribution in [0.1, 0.15) is 113 Å². The Labute approximate surface area is 372 Å². The van der Waals surface area contributed by atoms with Crippen molar-refractivity contribution in [3.05, 3.63) is 144 Å². The summed E-state index contributed by atoms with van der Waals surface area (Å²) < 4.78 is 64.8. The van der Waals surface area contributed by atoms with Crippen molar-refractivity contribution < 1.29 is 51.4 Å². The highest BCUT2D eigenvalue weighted by Gasteiger charge is 2.55. The van der Waals surface area contributed by atoms with Crippen molar-refractivity contribution in [1.29, 1.82) is 0 Å². The van der Waals surface area contributed by atoms with E-state index in [1.54, 1.807) is 0 Å². The predicted octanol–water partition coefficient (Wildman–Crippen LogP) is 10.7. The number of ether oxygens (including phenoxy) is 5. The molecule has 2 fully saturated rings. The number of carbonyl (C=O) groups is 2. The van der Waals surface area contributed by atoms with E-state index in [0.717, 1.165) is 41.5 Å². The van der Waals surface area contributed by atoms with E-state index in [2.05, 4.69) is 12.2 Å². The molecule has 63 heavy (non-hydrogen) atoms.